The Balaban J connectivity index is 1.62. The predicted octanol–water partition coefficient (Wildman–Crippen LogP) is 3.70. The van der Waals surface area contributed by atoms with Crippen LogP contribution in [0.2, 0.25) is 0 Å². The summed E-state index contributed by atoms with van der Waals surface area (Å²) in [5.41, 5.74) is 13.2. The first-order valence-corrected chi connectivity index (χ1v) is 10.9. The quantitative estimate of drug-likeness (QED) is 0.273. The van der Waals surface area contributed by atoms with Gasteiger partial charge < -0.3 is 11.5 Å². The number of fused-ring (bicyclic) bond motifs is 3. The lowest BCUT2D eigenvalue weighted by Gasteiger charge is -2.17. The van der Waals surface area contributed by atoms with E-state index >= 15 is 0 Å². The summed E-state index contributed by atoms with van der Waals surface area (Å²) in [6.45, 7) is 2.25. The fourth-order valence-corrected chi connectivity index (χ4v) is 5.86. The van der Waals surface area contributed by atoms with Crippen molar-refractivity contribution < 1.29 is 9.72 Å². The van der Waals surface area contributed by atoms with Crippen molar-refractivity contribution in [3.63, 3.8) is 0 Å². The summed E-state index contributed by atoms with van der Waals surface area (Å²) >= 11 is 2.94. The van der Waals surface area contributed by atoms with Crippen molar-refractivity contribution in [3.05, 3.63) is 49.9 Å². The maximum Gasteiger partial charge on any atom is 0.274 e. The molecule has 1 unspecified atom stereocenters. The van der Waals surface area contributed by atoms with Crippen molar-refractivity contribution >= 4 is 50.7 Å². The number of nitro benzene ring substituents is 1. The Bertz CT molecular complexity index is 1140. The van der Waals surface area contributed by atoms with Crippen LogP contribution in [0.3, 0.4) is 0 Å². The predicted molar refractivity (Wildman–Crippen MR) is 114 cm³/mol. The van der Waals surface area contributed by atoms with Crippen LogP contribution in [0, 0.1) is 16.0 Å². The summed E-state index contributed by atoms with van der Waals surface area (Å²) in [7, 11) is 0. The molecule has 0 bridgehead atoms. The number of carbonyl (C=O) groups excluding carboxylic acids is 1. The third-order valence-corrected chi connectivity index (χ3v) is 7.13. The maximum atomic E-state index is 11.4. The van der Waals surface area contributed by atoms with Gasteiger partial charge in [0.1, 0.15) is 10.6 Å². The molecule has 1 atom stereocenters. The van der Waals surface area contributed by atoms with Gasteiger partial charge in [-0.1, -0.05) is 24.8 Å². The molecular formula is C19H19N5O3S2. The number of thioether (sulfide) groups is 1. The number of anilines is 1. The molecule has 2 aromatic heterocycles. The van der Waals surface area contributed by atoms with Crippen molar-refractivity contribution in [2.75, 3.05) is 5.73 Å². The van der Waals surface area contributed by atoms with Crippen LogP contribution >= 0.6 is 23.1 Å². The standard InChI is InChI=1S/C19H19N5O3S2/c1-9-2-5-12-14(6-9)29-18-15(12)16(20)22-19(23-18)28-8-11-4-3-10(17(21)25)7-13(11)24(26)27/h3-4,7,9H,2,5-6,8H2,1H3,(H2,21,25)(H2,20,22,23). The second-order valence-electron chi connectivity index (χ2n) is 7.18. The average molecular weight is 430 g/mol. The average Bonchev–Trinajstić information content (AvgIpc) is 3.03. The van der Waals surface area contributed by atoms with E-state index in [4.69, 9.17) is 11.5 Å². The lowest BCUT2D eigenvalue weighted by atomic mass is 9.89. The van der Waals surface area contributed by atoms with Gasteiger partial charge in [-0.2, -0.15) is 0 Å². The normalized spacial score (nSPS) is 16.0. The number of aryl methyl sites for hydroxylation is 1. The zero-order valence-corrected chi connectivity index (χ0v) is 17.3. The van der Waals surface area contributed by atoms with Gasteiger partial charge in [-0.3, -0.25) is 14.9 Å². The topological polar surface area (TPSA) is 138 Å². The molecule has 8 nitrogen and oxygen atoms in total. The molecule has 0 radical (unpaired) electrons. The van der Waals surface area contributed by atoms with E-state index in [0.717, 1.165) is 29.5 Å². The minimum absolute atomic E-state index is 0.103. The lowest BCUT2D eigenvalue weighted by Crippen LogP contribution is -2.11. The number of nitrogens with two attached hydrogens (primary N) is 2. The molecular weight excluding hydrogens is 410 g/mol. The van der Waals surface area contributed by atoms with Crippen molar-refractivity contribution in [2.24, 2.45) is 11.7 Å². The highest BCUT2D eigenvalue weighted by Gasteiger charge is 2.23. The highest BCUT2D eigenvalue weighted by atomic mass is 32.2. The van der Waals surface area contributed by atoms with Crippen molar-refractivity contribution in [2.45, 2.75) is 37.1 Å². The first kappa shape index (κ1) is 19.6. The van der Waals surface area contributed by atoms with E-state index in [1.807, 2.05) is 0 Å². The van der Waals surface area contributed by atoms with E-state index in [-0.39, 0.29) is 17.0 Å². The number of aromatic nitrogens is 2. The lowest BCUT2D eigenvalue weighted by molar-refractivity contribution is -0.385. The molecule has 1 amide bonds. The smallest absolute Gasteiger partial charge is 0.274 e. The molecule has 150 valence electrons. The number of amides is 1. The second kappa shape index (κ2) is 7.60. The van der Waals surface area contributed by atoms with Crippen LogP contribution in [0.1, 0.15) is 39.7 Å². The molecule has 0 saturated heterocycles. The highest BCUT2D eigenvalue weighted by molar-refractivity contribution is 7.98. The maximum absolute atomic E-state index is 11.4. The molecule has 4 rings (SSSR count). The molecule has 0 saturated carbocycles. The molecule has 2 heterocycles. The van der Waals surface area contributed by atoms with Crippen molar-refractivity contribution in [1.29, 1.82) is 0 Å². The van der Waals surface area contributed by atoms with Crippen LogP contribution in [0.5, 0.6) is 0 Å². The minimum atomic E-state index is -0.704. The van der Waals surface area contributed by atoms with Crippen molar-refractivity contribution in [1.82, 2.24) is 9.97 Å². The molecule has 1 aliphatic rings. The van der Waals surface area contributed by atoms with E-state index in [1.54, 1.807) is 17.4 Å². The molecule has 4 N–H and O–H groups in total. The minimum Gasteiger partial charge on any atom is -0.383 e. The fourth-order valence-electron chi connectivity index (χ4n) is 3.57. The summed E-state index contributed by atoms with van der Waals surface area (Å²) in [4.78, 5) is 33.4. The second-order valence-corrected chi connectivity index (χ2v) is 9.20. The SMILES string of the molecule is CC1CCc2c(sc3nc(SCc4ccc(C(N)=O)cc4[N+](=O)[O-])nc(N)c23)C1. The third-order valence-electron chi connectivity index (χ3n) is 5.09. The van der Waals surface area contributed by atoms with Crippen LogP contribution in [0.25, 0.3) is 10.2 Å². The van der Waals surface area contributed by atoms with Gasteiger partial charge in [-0.15, -0.1) is 11.3 Å². The van der Waals surface area contributed by atoms with E-state index in [9.17, 15) is 14.9 Å². The number of nitro groups is 1. The highest BCUT2D eigenvalue weighted by Crippen LogP contribution is 2.40. The summed E-state index contributed by atoms with van der Waals surface area (Å²) in [6, 6.07) is 4.22. The number of primary amides is 1. The first-order valence-electron chi connectivity index (χ1n) is 9.11. The Hall–Kier alpha value is -2.72. The first-order chi connectivity index (χ1) is 13.8. The number of benzene rings is 1. The molecule has 10 heteroatoms. The molecule has 29 heavy (non-hydrogen) atoms. The number of nitrogens with zero attached hydrogens (tertiary/aromatic N) is 3. The number of thiophene rings is 1. The number of rotatable bonds is 5. The van der Waals surface area contributed by atoms with Crippen molar-refractivity contribution in [3.8, 4) is 0 Å². The van der Waals surface area contributed by atoms with Crippen LogP contribution in [0.15, 0.2) is 23.4 Å². The van der Waals surface area contributed by atoms with Gasteiger partial charge >= 0.3 is 0 Å². The Kier molecular flexibility index (Phi) is 5.13. The van der Waals surface area contributed by atoms with Gasteiger partial charge in [0.15, 0.2) is 5.16 Å². The molecule has 3 aromatic rings. The molecule has 0 aliphatic heterocycles. The van der Waals surface area contributed by atoms with E-state index in [0.29, 0.717) is 22.5 Å². The van der Waals surface area contributed by atoms with Crippen LogP contribution in [-0.2, 0) is 18.6 Å². The number of hydrogen-bond donors (Lipinski definition) is 2. The third kappa shape index (κ3) is 3.77. The van der Waals surface area contributed by atoms with Crippen LogP contribution < -0.4 is 11.5 Å². The molecule has 0 spiro atoms. The number of hydrogen-bond acceptors (Lipinski definition) is 8. The van der Waals surface area contributed by atoms with Crippen LogP contribution in [0.4, 0.5) is 11.5 Å². The van der Waals surface area contributed by atoms with E-state index in [1.165, 1.54) is 34.3 Å². The largest absolute Gasteiger partial charge is 0.383 e. The van der Waals surface area contributed by atoms with Gasteiger partial charge in [0.05, 0.1) is 10.3 Å². The number of carbonyl (C=O) groups is 1. The Morgan fingerprint density at radius 3 is 2.93 bits per heavy atom. The molecule has 0 fully saturated rings. The van der Waals surface area contributed by atoms with Gasteiger partial charge in [0, 0.05) is 27.8 Å². The van der Waals surface area contributed by atoms with Gasteiger partial charge in [0.25, 0.3) is 5.69 Å². The van der Waals surface area contributed by atoms with E-state index < -0.39 is 10.8 Å². The summed E-state index contributed by atoms with van der Waals surface area (Å²) < 4.78 is 0. The van der Waals surface area contributed by atoms with E-state index in [2.05, 4.69) is 16.9 Å². The summed E-state index contributed by atoms with van der Waals surface area (Å²) in [6.07, 6.45) is 3.17. The Morgan fingerprint density at radius 2 is 2.21 bits per heavy atom. The fraction of sp³-hybridized carbons (Fsp3) is 0.316. The Morgan fingerprint density at radius 1 is 1.41 bits per heavy atom. The van der Waals surface area contributed by atoms with Crippen LogP contribution in [-0.4, -0.2) is 20.8 Å². The number of nitrogen functional groups attached to an aromatic ring is 1. The van der Waals surface area contributed by atoms with Gasteiger partial charge in [0.2, 0.25) is 5.91 Å². The summed E-state index contributed by atoms with van der Waals surface area (Å²) in [5, 5.41) is 12.8. The monoisotopic (exact) mass is 429 g/mol. The zero-order chi connectivity index (χ0) is 20.7. The summed E-state index contributed by atoms with van der Waals surface area (Å²) in [5.74, 6) is 0.693. The zero-order valence-electron chi connectivity index (χ0n) is 15.7. The molecule has 1 aliphatic carbocycles. The van der Waals surface area contributed by atoms with Gasteiger partial charge in [-0.25, -0.2) is 9.97 Å². The van der Waals surface area contributed by atoms with Gasteiger partial charge in [-0.05, 0) is 36.8 Å². The Labute approximate surface area is 174 Å². The molecule has 1 aromatic carbocycles.